The first-order valence-electron chi connectivity index (χ1n) is 2.88. The summed E-state index contributed by atoms with van der Waals surface area (Å²) in [5.74, 6) is 5.29. The molecular weight excluding hydrogens is 116 g/mol. The molecule has 2 nitrogen and oxygen atoms in total. The molecule has 52 valence electrons. The van der Waals surface area contributed by atoms with Gasteiger partial charge in [0.25, 0.3) is 0 Å². The number of aliphatic hydroxyl groups is 1. The Kier molecular flexibility index (Phi) is 4.12. The van der Waals surface area contributed by atoms with Gasteiger partial charge >= 0.3 is 0 Å². The third-order valence-electron chi connectivity index (χ3n) is 0.849. The molecule has 2 heteroatoms. The van der Waals surface area contributed by atoms with E-state index in [4.69, 9.17) is 9.84 Å². The fourth-order valence-electron chi connectivity index (χ4n) is 0.297. The Labute approximate surface area is 55.8 Å². The number of hydrogen-bond donors (Lipinski definition) is 1. The van der Waals surface area contributed by atoms with Gasteiger partial charge in [-0.05, 0) is 13.8 Å². The zero-order valence-corrected chi connectivity index (χ0v) is 6.01. The van der Waals surface area contributed by atoms with Crippen molar-refractivity contribution in [3.63, 3.8) is 0 Å². The van der Waals surface area contributed by atoms with Crippen molar-refractivity contribution in [2.75, 3.05) is 7.11 Å². The zero-order chi connectivity index (χ0) is 7.28. The fourth-order valence-corrected chi connectivity index (χ4v) is 0.297. The summed E-state index contributed by atoms with van der Waals surface area (Å²) in [6, 6.07) is 0. The van der Waals surface area contributed by atoms with Crippen LogP contribution in [0.2, 0.25) is 0 Å². The SMILES string of the molecule is COC(C)C#CC(C)O. The second-order valence-corrected chi connectivity index (χ2v) is 1.84. The van der Waals surface area contributed by atoms with Gasteiger partial charge in [-0.1, -0.05) is 11.8 Å². The third-order valence-corrected chi connectivity index (χ3v) is 0.849. The van der Waals surface area contributed by atoms with E-state index in [0.29, 0.717) is 0 Å². The Morgan fingerprint density at radius 3 is 2.22 bits per heavy atom. The van der Waals surface area contributed by atoms with E-state index in [1.165, 1.54) is 0 Å². The van der Waals surface area contributed by atoms with Crippen LogP contribution in [0.15, 0.2) is 0 Å². The van der Waals surface area contributed by atoms with E-state index in [1.54, 1.807) is 14.0 Å². The summed E-state index contributed by atoms with van der Waals surface area (Å²) in [5, 5.41) is 8.67. The summed E-state index contributed by atoms with van der Waals surface area (Å²) in [6.07, 6.45) is -0.637. The molecule has 0 aliphatic heterocycles. The van der Waals surface area contributed by atoms with Crippen LogP contribution in [-0.4, -0.2) is 24.4 Å². The highest BCUT2D eigenvalue weighted by molar-refractivity contribution is 5.06. The molecule has 2 atom stereocenters. The molecule has 9 heavy (non-hydrogen) atoms. The summed E-state index contributed by atoms with van der Waals surface area (Å²) >= 11 is 0. The van der Waals surface area contributed by atoms with Gasteiger partial charge in [0, 0.05) is 7.11 Å². The first kappa shape index (κ1) is 8.48. The molecule has 0 saturated carbocycles. The Hall–Kier alpha value is -0.520. The van der Waals surface area contributed by atoms with Crippen LogP contribution in [0.1, 0.15) is 13.8 Å². The van der Waals surface area contributed by atoms with Crippen LogP contribution in [0.25, 0.3) is 0 Å². The summed E-state index contributed by atoms with van der Waals surface area (Å²) in [4.78, 5) is 0. The van der Waals surface area contributed by atoms with E-state index in [0.717, 1.165) is 0 Å². The number of methoxy groups -OCH3 is 1. The van der Waals surface area contributed by atoms with Gasteiger partial charge in [-0.25, -0.2) is 0 Å². The average molecular weight is 128 g/mol. The van der Waals surface area contributed by atoms with Crippen molar-refractivity contribution in [3.8, 4) is 11.8 Å². The van der Waals surface area contributed by atoms with E-state index in [-0.39, 0.29) is 6.10 Å². The molecule has 0 aromatic carbocycles. The van der Waals surface area contributed by atoms with Gasteiger partial charge in [-0.2, -0.15) is 0 Å². The Balaban J connectivity index is 3.58. The minimum atomic E-state index is -0.553. The molecule has 0 rings (SSSR count). The maximum atomic E-state index is 8.67. The highest BCUT2D eigenvalue weighted by Crippen LogP contribution is 1.83. The van der Waals surface area contributed by atoms with Crippen LogP contribution < -0.4 is 0 Å². The second kappa shape index (κ2) is 4.37. The lowest BCUT2D eigenvalue weighted by Gasteiger charge is -1.97. The average Bonchev–Trinajstić information content (AvgIpc) is 1.83. The molecule has 0 radical (unpaired) electrons. The summed E-state index contributed by atoms with van der Waals surface area (Å²) in [7, 11) is 1.58. The largest absolute Gasteiger partial charge is 0.381 e. The number of rotatable bonds is 1. The van der Waals surface area contributed by atoms with Crippen molar-refractivity contribution in [3.05, 3.63) is 0 Å². The van der Waals surface area contributed by atoms with E-state index >= 15 is 0 Å². The highest BCUT2D eigenvalue weighted by Gasteiger charge is 1.89. The van der Waals surface area contributed by atoms with Gasteiger partial charge in [0.05, 0.1) is 0 Å². The summed E-state index contributed by atoms with van der Waals surface area (Å²) in [5.41, 5.74) is 0. The van der Waals surface area contributed by atoms with Gasteiger partial charge in [0.15, 0.2) is 0 Å². The molecule has 0 aliphatic carbocycles. The van der Waals surface area contributed by atoms with Crippen LogP contribution >= 0.6 is 0 Å². The first-order chi connectivity index (χ1) is 4.16. The van der Waals surface area contributed by atoms with E-state index in [2.05, 4.69) is 11.8 Å². The lowest BCUT2D eigenvalue weighted by molar-refractivity contribution is 0.163. The molecule has 0 aromatic heterocycles. The molecule has 0 aliphatic rings. The standard InChI is InChI=1S/C7H12O2/c1-6(8)4-5-7(2)9-3/h6-8H,1-3H3. The molecule has 1 N–H and O–H groups in total. The van der Waals surface area contributed by atoms with Crippen molar-refractivity contribution < 1.29 is 9.84 Å². The zero-order valence-electron chi connectivity index (χ0n) is 6.01. The Bertz CT molecular complexity index is 119. The van der Waals surface area contributed by atoms with Gasteiger partial charge in [0.1, 0.15) is 12.2 Å². The molecule has 0 fully saturated rings. The molecular formula is C7H12O2. The van der Waals surface area contributed by atoms with Crippen LogP contribution in [0.3, 0.4) is 0 Å². The second-order valence-electron chi connectivity index (χ2n) is 1.84. The minimum Gasteiger partial charge on any atom is -0.381 e. The molecule has 0 saturated heterocycles. The molecule has 2 unspecified atom stereocenters. The molecule has 0 aromatic rings. The number of hydrogen-bond acceptors (Lipinski definition) is 2. The van der Waals surface area contributed by atoms with Crippen molar-refractivity contribution in [1.82, 2.24) is 0 Å². The van der Waals surface area contributed by atoms with Gasteiger partial charge in [-0.3, -0.25) is 0 Å². The van der Waals surface area contributed by atoms with Crippen molar-refractivity contribution >= 4 is 0 Å². The predicted molar refractivity (Wildman–Crippen MR) is 35.9 cm³/mol. The third kappa shape index (κ3) is 5.35. The van der Waals surface area contributed by atoms with Gasteiger partial charge < -0.3 is 9.84 Å². The maximum absolute atomic E-state index is 8.67. The van der Waals surface area contributed by atoms with Crippen LogP contribution in [0, 0.1) is 11.8 Å². The normalized spacial score (nSPS) is 15.6. The van der Waals surface area contributed by atoms with Crippen molar-refractivity contribution in [2.24, 2.45) is 0 Å². The van der Waals surface area contributed by atoms with Gasteiger partial charge in [-0.15, -0.1) is 0 Å². The lowest BCUT2D eigenvalue weighted by Crippen LogP contribution is -2.02. The Morgan fingerprint density at radius 1 is 1.33 bits per heavy atom. The summed E-state index contributed by atoms with van der Waals surface area (Å²) < 4.78 is 4.82. The minimum absolute atomic E-state index is 0.0837. The van der Waals surface area contributed by atoms with Crippen molar-refractivity contribution in [1.29, 1.82) is 0 Å². The lowest BCUT2D eigenvalue weighted by atomic mass is 10.3. The molecule has 0 bridgehead atoms. The predicted octanol–water partition coefficient (Wildman–Crippen LogP) is 0.406. The molecule has 0 heterocycles. The van der Waals surface area contributed by atoms with Crippen LogP contribution in [0.5, 0.6) is 0 Å². The maximum Gasteiger partial charge on any atom is 0.115 e. The molecule has 0 spiro atoms. The quantitative estimate of drug-likeness (QED) is 0.518. The van der Waals surface area contributed by atoms with E-state index < -0.39 is 6.10 Å². The topological polar surface area (TPSA) is 29.5 Å². The molecule has 0 amide bonds. The fraction of sp³-hybridized carbons (Fsp3) is 0.714. The van der Waals surface area contributed by atoms with Crippen LogP contribution in [0.4, 0.5) is 0 Å². The van der Waals surface area contributed by atoms with Crippen LogP contribution in [-0.2, 0) is 4.74 Å². The first-order valence-corrected chi connectivity index (χ1v) is 2.88. The van der Waals surface area contributed by atoms with E-state index in [1.807, 2.05) is 6.92 Å². The Morgan fingerprint density at radius 2 is 1.89 bits per heavy atom. The smallest absolute Gasteiger partial charge is 0.115 e. The number of aliphatic hydroxyl groups excluding tert-OH is 1. The summed E-state index contributed by atoms with van der Waals surface area (Å²) in [6.45, 7) is 3.45. The van der Waals surface area contributed by atoms with Crippen molar-refractivity contribution in [2.45, 2.75) is 26.1 Å². The number of ether oxygens (including phenoxy) is 1. The highest BCUT2D eigenvalue weighted by atomic mass is 16.5. The van der Waals surface area contributed by atoms with E-state index in [9.17, 15) is 0 Å². The monoisotopic (exact) mass is 128 g/mol. The van der Waals surface area contributed by atoms with Gasteiger partial charge in [0.2, 0.25) is 0 Å².